The molecule has 0 unspecified atom stereocenters. The summed E-state index contributed by atoms with van der Waals surface area (Å²) in [5, 5.41) is 12.0. The molecule has 5 nitrogen and oxygen atoms in total. The van der Waals surface area contributed by atoms with Gasteiger partial charge >= 0.3 is 104 Å². The van der Waals surface area contributed by atoms with Crippen molar-refractivity contribution in [3.8, 4) is 5.69 Å². The molecule has 1 N–H and O–H groups in total. The molecule has 6 heteroatoms. The number of aromatic nitrogens is 2. The Labute approximate surface area is 104 Å². The van der Waals surface area contributed by atoms with E-state index >= 15 is 0 Å². The standard InChI is InChI=1S/C11H11N3O2Se/c1-2-16-10(15)9-13-14(11(12)17-9)8-6-4-3-5-7-8/h3-7,12H,2H2,1H3. The summed E-state index contributed by atoms with van der Waals surface area (Å²) in [5.74, 6) is -0.421. The first-order valence-corrected chi connectivity index (χ1v) is 6.81. The summed E-state index contributed by atoms with van der Waals surface area (Å²) in [5.41, 5.74) is 0.790. The Kier molecular flexibility index (Phi) is 3.56. The first-order valence-electron chi connectivity index (χ1n) is 5.09. The quantitative estimate of drug-likeness (QED) is 0.665. The van der Waals surface area contributed by atoms with Gasteiger partial charge in [-0.3, -0.25) is 0 Å². The van der Waals surface area contributed by atoms with Crippen molar-refractivity contribution in [1.29, 1.82) is 5.41 Å². The summed E-state index contributed by atoms with van der Waals surface area (Å²) in [6.45, 7) is 2.08. The molecule has 0 bridgehead atoms. The molecule has 17 heavy (non-hydrogen) atoms. The molecule has 0 spiro atoms. The third-order valence-electron chi connectivity index (χ3n) is 2.03. The van der Waals surface area contributed by atoms with E-state index in [1.807, 2.05) is 30.3 Å². The van der Waals surface area contributed by atoms with Gasteiger partial charge in [-0.2, -0.15) is 0 Å². The van der Waals surface area contributed by atoms with Gasteiger partial charge in [0.15, 0.2) is 0 Å². The van der Waals surface area contributed by atoms with Gasteiger partial charge in [-0.25, -0.2) is 0 Å². The molecule has 0 atom stereocenters. The second-order valence-corrected chi connectivity index (χ2v) is 5.23. The maximum absolute atomic E-state index is 11.5. The molecule has 2 rings (SSSR count). The number of nitrogens with one attached hydrogen (secondary N) is 1. The van der Waals surface area contributed by atoms with E-state index in [4.69, 9.17) is 10.1 Å². The van der Waals surface area contributed by atoms with Crippen molar-refractivity contribution in [3.63, 3.8) is 0 Å². The van der Waals surface area contributed by atoms with E-state index in [0.29, 0.717) is 15.5 Å². The van der Waals surface area contributed by atoms with E-state index in [-0.39, 0.29) is 14.5 Å². The number of carbonyl (C=O) groups excluding carboxylic acids is 1. The van der Waals surface area contributed by atoms with E-state index in [1.54, 1.807) is 6.92 Å². The third kappa shape index (κ3) is 2.54. The number of nitrogens with zero attached hydrogens (tertiary/aromatic N) is 2. The van der Waals surface area contributed by atoms with Crippen molar-refractivity contribution in [2.45, 2.75) is 6.92 Å². The van der Waals surface area contributed by atoms with Crippen LogP contribution >= 0.6 is 0 Å². The molecule has 0 fully saturated rings. The second-order valence-electron chi connectivity index (χ2n) is 3.18. The number of benzene rings is 1. The molecule has 0 aliphatic rings. The number of ether oxygens (including phenoxy) is 1. The number of para-hydroxylation sites is 1. The second kappa shape index (κ2) is 5.12. The van der Waals surface area contributed by atoms with Gasteiger partial charge in [0.2, 0.25) is 0 Å². The van der Waals surface area contributed by atoms with E-state index in [0.717, 1.165) is 5.69 Å². The molecule has 88 valence electrons. The van der Waals surface area contributed by atoms with Crippen molar-refractivity contribution in [1.82, 2.24) is 9.78 Å². The summed E-state index contributed by atoms with van der Waals surface area (Å²) in [6.07, 6.45) is 0. The van der Waals surface area contributed by atoms with Crippen molar-refractivity contribution < 1.29 is 9.53 Å². The van der Waals surface area contributed by atoms with Gasteiger partial charge in [0.05, 0.1) is 0 Å². The summed E-state index contributed by atoms with van der Waals surface area (Å²) < 4.78 is 7.04. The molecule has 0 amide bonds. The van der Waals surface area contributed by atoms with Crippen LogP contribution in [0.2, 0.25) is 0 Å². The van der Waals surface area contributed by atoms with Gasteiger partial charge in [-0.05, 0) is 0 Å². The van der Waals surface area contributed by atoms with Crippen LogP contribution in [0.3, 0.4) is 0 Å². The molecule has 2 aromatic rings. The predicted molar refractivity (Wildman–Crippen MR) is 62.3 cm³/mol. The zero-order chi connectivity index (χ0) is 12.3. The number of hydrogen-bond donors (Lipinski definition) is 1. The molecule has 0 aliphatic carbocycles. The first kappa shape index (κ1) is 11.8. The van der Waals surface area contributed by atoms with Gasteiger partial charge < -0.3 is 0 Å². The van der Waals surface area contributed by atoms with Crippen LogP contribution < -0.4 is 4.36 Å². The molecule has 0 saturated carbocycles. The van der Waals surface area contributed by atoms with Gasteiger partial charge in [0.25, 0.3) is 0 Å². The van der Waals surface area contributed by atoms with Crippen LogP contribution in [-0.4, -0.2) is 36.9 Å². The molecular weight excluding hydrogens is 285 g/mol. The van der Waals surface area contributed by atoms with Crippen LogP contribution in [0.15, 0.2) is 30.3 Å². The zero-order valence-corrected chi connectivity index (χ0v) is 10.9. The van der Waals surface area contributed by atoms with Gasteiger partial charge in [-0.15, -0.1) is 0 Å². The fraction of sp³-hybridized carbons (Fsp3) is 0.182. The average molecular weight is 296 g/mol. The molecule has 1 heterocycles. The summed E-state index contributed by atoms with van der Waals surface area (Å²) in [6, 6.07) is 9.33. The van der Waals surface area contributed by atoms with Crippen molar-refractivity contribution in [2.24, 2.45) is 0 Å². The Morgan fingerprint density at radius 3 is 2.82 bits per heavy atom. The minimum absolute atomic E-state index is 0.326. The van der Waals surface area contributed by atoms with Crippen LogP contribution in [0, 0.1) is 5.41 Å². The molecular formula is C11H11N3O2Se. The molecule has 0 aliphatic heterocycles. The fourth-order valence-corrected chi connectivity index (χ4v) is 2.74. The Balaban J connectivity index is 2.38. The first-order chi connectivity index (χ1) is 8.22. The van der Waals surface area contributed by atoms with Gasteiger partial charge in [0, 0.05) is 0 Å². The Bertz CT molecular complexity index is 574. The van der Waals surface area contributed by atoms with E-state index in [2.05, 4.69) is 5.10 Å². The van der Waals surface area contributed by atoms with Gasteiger partial charge in [0.1, 0.15) is 0 Å². The molecule has 0 saturated heterocycles. The number of rotatable bonds is 3. The Morgan fingerprint density at radius 1 is 1.47 bits per heavy atom. The number of esters is 1. The van der Waals surface area contributed by atoms with Crippen molar-refractivity contribution >= 4 is 20.5 Å². The van der Waals surface area contributed by atoms with Crippen molar-refractivity contribution in [2.75, 3.05) is 6.61 Å². The summed E-state index contributed by atoms with van der Waals surface area (Å²) >= 11 is -0.373. The minimum atomic E-state index is -0.421. The average Bonchev–Trinajstić information content (AvgIpc) is 2.73. The Morgan fingerprint density at radius 2 is 2.18 bits per heavy atom. The van der Waals surface area contributed by atoms with Crippen LogP contribution in [0.5, 0.6) is 0 Å². The van der Waals surface area contributed by atoms with E-state index in [9.17, 15) is 4.79 Å². The van der Waals surface area contributed by atoms with E-state index in [1.165, 1.54) is 4.68 Å². The maximum atomic E-state index is 11.5. The van der Waals surface area contributed by atoms with Crippen LogP contribution in [0.25, 0.3) is 5.69 Å². The van der Waals surface area contributed by atoms with E-state index < -0.39 is 5.97 Å². The molecule has 0 radical (unpaired) electrons. The van der Waals surface area contributed by atoms with Crippen LogP contribution in [0.1, 0.15) is 16.3 Å². The SMILES string of the molecule is CCOC(=O)c1nn(-c2ccccc2)c(=N)[se]1. The zero-order valence-electron chi connectivity index (χ0n) is 9.21. The summed E-state index contributed by atoms with van der Waals surface area (Å²) in [7, 11) is 0. The third-order valence-corrected chi connectivity index (χ3v) is 3.72. The topological polar surface area (TPSA) is 68.0 Å². The number of carbonyl (C=O) groups is 1. The Hall–Kier alpha value is -1.65. The number of hydrogen-bond acceptors (Lipinski definition) is 4. The van der Waals surface area contributed by atoms with Crippen molar-refractivity contribution in [3.05, 3.63) is 39.3 Å². The fourth-order valence-electron chi connectivity index (χ4n) is 1.31. The summed E-state index contributed by atoms with van der Waals surface area (Å²) in [4.78, 5) is 11.5. The molecule has 1 aromatic heterocycles. The normalized spacial score (nSPS) is 10.2. The van der Waals surface area contributed by atoms with Crippen LogP contribution in [-0.2, 0) is 4.74 Å². The van der Waals surface area contributed by atoms with Crippen LogP contribution in [0.4, 0.5) is 0 Å². The monoisotopic (exact) mass is 297 g/mol. The molecule has 1 aromatic carbocycles. The predicted octanol–water partition coefficient (Wildman–Crippen LogP) is 0.585. The van der Waals surface area contributed by atoms with Gasteiger partial charge in [-0.1, -0.05) is 0 Å².